The largest absolute Gasteiger partial charge is 0.418 e. The molecule has 1 aromatic heterocycles. The van der Waals surface area contributed by atoms with Crippen LogP contribution in [0.25, 0.3) is 0 Å². The molecule has 364 valence electrons. The molecule has 0 aliphatic heterocycles. The smallest absolute Gasteiger partial charge is 0.410 e. The molecule has 27 heteroatoms. The van der Waals surface area contributed by atoms with Gasteiger partial charge in [0.15, 0.2) is 76.0 Å². The van der Waals surface area contributed by atoms with E-state index in [9.17, 15) is 62.3 Å². The van der Waals surface area contributed by atoms with Crippen LogP contribution in [0.15, 0.2) is 73.2 Å². The summed E-state index contributed by atoms with van der Waals surface area (Å²) in [7, 11) is 0. The van der Waals surface area contributed by atoms with Crippen molar-refractivity contribution < 1.29 is 107 Å². The summed E-state index contributed by atoms with van der Waals surface area (Å²) >= 11 is 5.89. The van der Waals surface area contributed by atoms with Crippen LogP contribution < -0.4 is 31.2 Å². The van der Waals surface area contributed by atoms with Crippen LogP contribution in [0, 0.1) is 116 Å². The molecule has 0 atom stereocenters. The van der Waals surface area contributed by atoms with E-state index in [-0.39, 0.29) is 18.0 Å². The average Bonchev–Trinajstić information content (AvgIpc) is 3.34. The van der Waals surface area contributed by atoms with Gasteiger partial charge in [-0.25, -0.2) is 92.6 Å². The lowest BCUT2D eigenvalue weighted by molar-refractivity contribution is -0.686. The molecule has 70 heavy (non-hydrogen) atoms. The molecule has 7 rings (SSSR count). The Hall–Kier alpha value is -7.51. The zero-order valence-corrected chi connectivity index (χ0v) is 34.0. The third-order valence-electron chi connectivity index (χ3n) is 10.2. The van der Waals surface area contributed by atoms with Crippen LogP contribution in [-0.2, 0) is 6.54 Å². The molecule has 0 radical (unpaired) electrons. The molecule has 0 bridgehead atoms. The Morgan fingerprint density at radius 2 is 0.814 bits per heavy atom. The number of ether oxygens (including phenoxy) is 1. The lowest BCUT2D eigenvalue weighted by Crippen LogP contribution is -2.81. The minimum atomic E-state index is -7.22. The number of esters is 1. The number of rotatable bonds is 9. The summed E-state index contributed by atoms with van der Waals surface area (Å²) in [5, 5.41) is 0.462. The molecular weight excluding hydrogens is 1020 g/mol. The van der Waals surface area contributed by atoms with Gasteiger partial charge in [0.25, 0.3) is 0 Å². The van der Waals surface area contributed by atoms with Crippen molar-refractivity contribution >= 4 is 51.4 Å². The maximum atomic E-state index is 15.4. The summed E-state index contributed by atoms with van der Waals surface area (Å²) in [4.78, 5) is 28.8. The van der Waals surface area contributed by atoms with Crippen LogP contribution in [0.3, 0.4) is 0 Å². The molecule has 0 saturated heterocycles. The van der Waals surface area contributed by atoms with Gasteiger partial charge in [-0.2, -0.15) is 4.57 Å². The first-order valence-electron chi connectivity index (χ1n) is 18.5. The number of aromatic nitrogens is 2. The van der Waals surface area contributed by atoms with E-state index in [0.29, 0.717) is 16.3 Å². The number of hydrogen-bond acceptors (Lipinski definition) is 4. The van der Waals surface area contributed by atoms with E-state index in [0.717, 1.165) is 0 Å². The number of carbonyl (C=O) groups is 2. The maximum Gasteiger partial charge on any atom is 0.410 e. The molecule has 0 unspecified atom stereocenters. The third-order valence-corrected chi connectivity index (χ3v) is 10.4. The number of hydrogen-bond donors (Lipinski definition) is 0. The van der Waals surface area contributed by atoms with Crippen molar-refractivity contribution in [2.75, 3.05) is 0 Å². The summed E-state index contributed by atoms with van der Waals surface area (Å²) in [6.07, 6.45) is -2.78. The van der Waals surface area contributed by atoms with Crippen molar-refractivity contribution in [1.29, 1.82) is 0 Å². The molecule has 0 N–H and O–H groups in total. The van der Waals surface area contributed by atoms with Gasteiger partial charge in [-0.15, -0.1) is 21.9 Å². The van der Waals surface area contributed by atoms with Crippen LogP contribution >= 0.6 is 11.6 Å². The van der Waals surface area contributed by atoms with E-state index in [1.807, 2.05) is 6.07 Å². The van der Waals surface area contributed by atoms with Crippen LogP contribution in [0.4, 0.5) is 87.8 Å². The molecule has 6 aromatic carbocycles. The van der Waals surface area contributed by atoms with Gasteiger partial charge in [0.05, 0.1) is 6.20 Å². The van der Waals surface area contributed by atoms with Crippen molar-refractivity contribution in [2.24, 2.45) is 0 Å². The highest BCUT2D eigenvalue weighted by molar-refractivity contribution is 7.20. The Labute approximate surface area is 380 Å². The highest BCUT2D eigenvalue weighted by Crippen LogP contribution is 2.31. The third kappa shape index (κ3) is 8.63. The molecule has 0 aliphatic rings. The number of Topliss-reactive ketones (excluding diaryl/α,β-unsaturated/α-hetero) is 1. The summed E-state index contributed by atoms with van der Waals surface area (Å²) in [5.41, 5.74) is -13.6. The van der Waals surface area contributed by atoms with Gasteiger partial charge in [0.2, 0.25) is 12.3 Å². The van der Waals surface area contributed by atoms with Crippen LogP contribution in [0.5, 0.6) is 5.75 Å². The van der Waals surface area contributed by atoms with Crippen LogP contribution in [0.2, 0.25) is 5.02 Å². The van der Waals surface area contributed by atoms with E-state index < -0.39 is 150 Å². The van der Waals surface area contributed by atoms with Gasteiger partial charge >= 0.3 is 11.7 Å². The van der Waals surface area contributed by atoms with Crippen LogP contribution in [-0.4, -0.2) is 22.9 Å². The first-order valence-corrected chi connectivity index (χ1v) is 18.8. The Kier molecular flexibility index (Phi) is 14.7. The predicted octanol–water partition coefficient (Wildman–Crippen LogP) is 8.97. The van der Waals surface area contributed by atoms with E-state index in [4.69, 9.17) is 16.3 Å². The minimum absolute atomic E-state index is 0.00646. The molecule has 7 aromatic rings. The second kappa shape index (κ2) is 19.8. The summed E-state index contributed by atoms with van der Waals surface area (Å²) in [6, 6.07) is 15.4. The van der Waals surface area contributed by atoms with Crippen molar-refractivity contribution in [3.63, 3.8) is 0 Å². The summed E-state index contributed by atoms with van der Waals surface area (Å²) in [5.74, 6) is -71.8. The summed E-state index contributed by atoms with van der Waals surface area (Å²) in [6.45, 7) is 0.00646. The second-order valence-corrected chi connectivity index (χ2v) is 14.5. The normalized spacial score (nSPS) is 11.4. The van der Waals surface area contributed by atoms with E-state index in [1.54, 1.807) is 48.7 Å². The van der Waals surface area contributed by atoms with Crippen molar-refractivity contribution in [3.05, 3.63) is 206 Å². The molecular formula is C43H14BClF20N2O3. The average molecular weight is 1030 g/mol. The van der Waals surface area contributed by atoms with Crippen LogP contribution in [0.1, 0.15) is 20.8 Å². The molecule has 0 spiro atoms. The van der Waals surface area contributed by atoms with Gasteiger partial charge in [0.1, 0.15) is 64.6 Å². The maximum absolute atomic E-state index is 15.4. The quantitative estimate of drug-likeness (QED) is 0.0212. The first kappa shape index (κ1) is 51.9. The van der Waals surface area contributed by atoms with Crippen molar-refractivity contribution in [2.45, 2.75) is 6.54 Å². The zero-order valence-electron chi connectivity index (χ0n) is 33.3. The fourth-order valence-electron chi connectivity index (χ4n) is 7.13. The first-order chi connectivity index (χ1) is 32.8. The fraction of sp³-hybridized carbons (Fsp3) is 0.0233. The lowest BCUT2D eigenvalue weighted by atomic mass is 9.12. The number of carbonyl (C=O) groups excluding carboxylic acids is 2. The van der Waals surface area contributed by atoms with E-state index in [1.165, 1.54) is 23.0 Å². The van der Waals surface area contributed by atoms with Gasteiger partial charge in [-0.3, -0.25) is 9.78 Å². The Morgan fingerprint density at radius 3 is 1.16 bits per heavy atom. The molecule has 1 heterocycles. The predicted molar refractivity (Wildman–Crippen MR) is 201 cm³/mol. The van der Waals surface area contributed by atoms with Gasteiger partial charge < -0.3 is 4.74 Å². The van der Waals surface area contributed by atoms with Crippen molar-refractivity contribution in [1.82, 2.24) is 4.98 Å². The van der Waals surface area contributed by atoms with Crippen molar-refractivity contribution in [3.8, 4) is 5.75 Å². The fourth-order valence-corrected chi connectivity index (χ4v) is 7.31. The highest BCUT2D eigenvalue weighted by Gasteiger charge is 2.52. The van der Waals surface area contributed by atoms with Gasteiger partial charge in [-0.1, -0.05) is 48.0 Å². The molecule has 0 aliphatic carbocycles. The number of ketones is 1. The zero-order chi connectivity index (χ0) is 52.0. The molecule has 0 saturated carbocycles. The topological polar surface area (TPSA) is 60.1 Å². The molecule has 0 fully saturated rings. The Bertz CT molecular complexity index is 2910. The lowest BCUT2D eigenvalue weighted by Gasteiger charge is -2.44. The highest BCUT2D eigenvalue weighted by atomic mass is 35.5. The number of benzene rings is 6. The molecule has 0 amide bonds. The van der Waals surface area contributed by atoms with E-state index >= 15 is 35.1 Å². The monoisotopic (exact) mass is 1030 g/mol. The second-order valence-electron chi connectivity index (χ2n) is 14.0. The number of halogens is 21. The van der Waals surface area contributed by atoms with Gasteiger partial charge in [-0.05, 0) is 18.2 Å². The number of nitrogens with zero attached hydrogens (tertiary/aromatic N) is 2. The Balaban J connectivity index is 0.000000270. The Morgan fingerprint density at radius 1 is 0.471 bits per heavy atom. The summed E-state index contributed by atoms with van der Waals surface area (Å²) < 4.78 is 301. The SMILES string of the molecule is Fc1c(F)c(F)c([B-](c2c(F)c(F)c(F)c(F)c2F)(c2c(F)c(F)c(F)c(F)c2F)c2c(F)c(F)c(F)c(F)c2F)c(F)c1F.O=C(C[n+]1ccncc1C(=O)Oc1cccc(Cl)c1)c1ccccc1. The standard InChI is InChI=1S/C24BF20.C19H14ClN2O3/c26-5-1(6(27)14(35)21(42)13(5)34)25(2-7(28)15(36)22(43)16(37)8(2)29,3-9(30)17(38)23(44)18(39)10(3)31)4-11(32)19(40)24(45)20(41)12(4)33;20-15-7-4-8-16(11-15)25-19(24)17-12-21-9-10-22(17)13-18(23)14-5-2-1-3-6-14/h;1-12H,13H2/q-1;+1. The molecule has 5 nitrogen and oxygen atoms in total. The minimum Gasteiger partial charge on any atom is -0.418 e. The van der Waals surface area contributed by atoms with E-state index in [2.05, 4.69) is 4.98 Å². The van der Waals surface area contributed by atoms with Gasteiger partial charge in [0, 0.05) is 10.6 Å².